The van der Waals surface area contributed by atoms with E-state index in [1.165, 1.54) is 11.1 Å². The van der Waals surface area contributed by atoms with Gasteiger partial charge in [0, 0.05) is 11.8 Å². The first-order valence-corrected chi connectivity index (χ1v) is 7.82. The number of pyridine rings is 1. The molecule has 112 valence electrons. The van der Waals surface area contributed by atoms with Crippen LogP contribution < -0.4 is 10.5 Å². The van der Waals surface area contributed by atoms with Gasteiger partial charge in [-0.3, -0.25) is 4.98 Å². The average Bonchev–Trinajstić information content (AvgIpc) is 2.42. The molecule has 1 heterocycles. The van der Waals surface area contributed by atoms with E-state index in [1.807, 2.05) is 6.07 Å². The number of nitrogens with two attached hydrogens (primary N) is 1. The van der Waals surface area contributed by atoms with Crippen molar-refractivity contribution in [2.45, 2.75) is 39.5 Å². The highest BCUT2D eigenvalue weighted by Crippen LogP contribution is 2.39. The lowest BCUT2D eigenvalue weighted by atomic mass is 9.85. The minimum Gasteiger partial charge on any atom is -0.454 e. The van der Waals surface area contributed by atoms with Gasteiger partial charge < -0.3 is 10.5 Å². The maximum atomic E-state index is 6.09. The van der Waals surface area contributed by atoms with Crippen LogP contribution >= 0.6 is 15.9 Å². The molecule has 0 aliphatic carbocycles. The highest BCUT2D eigenvalue weighted by molar-refractivity contribution is 9.10. The molecule has 0 bridgehead atoms. The summed E-state index contributed by atoms with van der Waals surface area (Å²) in [4.78, 5) is 4.03. The predicted molar refractivity (Wildman–Crippen MR) is 90.9 cm³/mol. The first kappa shape index (κ1) is 15.8. The van der Waals surface area contributed by atoms with E-state index in [4.69, 9.17) is 10.5 Å². The number of nitrogens with zero attached hydrogens (tertiary/aromatic N) is 1. The Labute approximate surface area is 134 Å². The normalized spacial score (nSPS) is 11.5. The predicted octanol–water partition coefficient (Wildman–Crippen LogP) is 5.08. The number of hydrogen-bond donors (Lipinski definition) is 1. The van der Waals surface area contributed by atoms with Crippen LogP contribution in [0.15, 0.2) is 35.1 Å². The monoisotopic (exact) mass is 348 g/mol. The maximum Gasteiger partial charge on any atom is 0.167 e. The third kappa shape index (κ3) is 3.56. The largest absolute Gasteiger partial charge is 0.454 e. The number of aryl methyl sites for hydroxylation is 1. The molecular formula is C17H21BrN2O. The molecular weight excluding hydrogens is 328 g/mol. The number of benzene rings is 1. The van der Waals surface area contributed by atoms with Crippen molar-refractivity contribution in [2.75, 3.05) is 5.73 Å². The number of ether oxygens (including phenoxy) is 1. The molecule has 0 amide bonds. The molecule has 3 nitrogen and oxygen atoms in total. The molecule has 0 atom stereocenters. The number of anilines is 1. The molecule has 0 unspecified atom stereocenters. The summed E-state index contributed by atoms with van der Waals surface area (Å²) >= 11 is 3.44. The Kier molecular flexibility index (Phi) is 4.57. The van der Waals surface area contributed by atoms with Crippen LogP contribution in [0.4, 0.5) is 5.69 Å². The van der Waals surface area contributed by atoms with Gasteiger partial charge in [-0.25, -0.2) is 0 Å². The molecule has 0 aliphatic rings. The number of rotatable bonds is 3. The van der Waals surface area contributed by atoms with E-state index in [-0.39, 0.29) is 5.41 Å². The molecule has 0 saturated heterocycles. The van der Waals surface area contributed by atoms with Gasteiger partial charge in [-0.2, -0.15) is 0 Å². The van der Waals surface area contributed by atoms with Gasteiger partial charge in [0.15, 0.2) is 5.75 Å². The zero-order chi connectivity index (χ0) is 15.6. The van der Waals surface area contributed by atoms with Crippen LogP contribution in [0.3, 0.4) is 0 Å². The molecule has 21 heavy (non-hydrogen) atoms. The second-order valence-electron chi connectivity index (χ2n) is 6.08. The van der Waals surface area contributed by atoms with Crippen molar-refractivity contribution in [2.24, 2.45) is 0 Å². The molecule has 0 saturated carbocycles. The lowest BCUT2D eigenvalue weighted by molar-refractivity contribution is 0.454. The van der Waals surface area contributed by atoms with Crippen LogP contribution in [-0.2, 0) is 11.8 Å². The number of aromatic nitrogens is 1. The summed E-state index contributed by atoms with van der Waals surface area (Å²) in [6.07, 6.45) is 4.28. The summed E-state index contributed by atoms with van der Waals surface area (Å²) in [5.41, 5.74) is 8.95. The van der Waals surface area contributed by atoms with Gasteiger partial charge in [0.05, 0.1) is 16.4 Å². The number of hydrogen-bond acceptors (Lipinski definition) is 3. The van der Waals surface area contributed by atoms with Gasteiger partial charge in [-0.1, -0.05) is 39.8 Å². The maximum absolute atomic E-state index is 6.09. The lowest BCUT2D eigenvalue weighted by Crippen LogP contribution is -2.13. The van der Waals surface area contributed by atoms with E-state index in [0.717, 1.165) is 16.6 Å². The molecule has 1 aromatic carbocycles. The molecule has 0 spiro atoms. The molecule has 2 aromatic rings. The van der Waals surface area contributed by atoms with Gasteiger partial charge in [-0.05, 0) is 39.4 Å². The molecule has 1 aromatic heterocycles. The second-order valence-corrected chi connectivity index (χ2v) is 6.93. The summed E-state index contributed by atoms with van der Waals surface area (Å²) < 4.78 is 6.84. The van der Waals surface area contributed by atoms with Crippen LogP contribution in [0.1, 0.15) is 38.8 Å². The summed E-state index contributed by atoms with van der Waals surface area (Å²) in [6, 6.07) is 6.32. The van der Waals surface area contributed by atoms with Crippen molar-refractivity contribution in [3.8, 4) is 11.5 Å². The van der Waals surface area contributed by atoms with Gasteiger partial charge >= 0.3 is 0 Å². The summed E-state index contributed by atoms with van der Waals surface area (Å²) in [5, 5.41) is 0. The van der Waals surface area contributed by atoms with E-state index >= 15 is 0 Å². The van der Waals surface area contributed by atoms with E-state index in [9.17, 15) is 0 Å². The van der Waals surface area contributed by atoms with Gasteiger partial charge in [0.25, 0.3) is 0 Å². The fraction of sp³-hybridized carbons (Fsp3) is 0.353. The third-order valence-electron chi connectivity index (χ3n) is 3.35. The second kappa shape index (κ2) is 6.06. The van der Waals surface area contributed by atoms with Crippen LogP contribution in [0.25, 0.3) is 0 Å². The topological polar surface area (TPSA) is 48.1 Å². The highest BCUT2D eigenvalue weighted by atomic mass is 79.9. The molecule has 4 heteroatoms. The Bertz CT molecular complexity index is 627. The smallest absolute Gasteiger partial charge is 0.167 e. The van der Waals surface area contributed by atoms with Crippen LogP contribution in [0.5, 0.6) is 11.5 Å². The minimum absolute atomic E-state index is 0.00518. The van der Waals surface area contributed by atoms with Crippen molar-refractivity contribution < 1.29 is 4.74 Å². The van der Waals surface area contributed by atoms with Crippen molar-refractivity contribution in [1.29, 1.82) is 0 Å². The van der Waals surface area contributed by atoms with E-state index in [2.05, 4.69) is 60.7 Å². The molecule has 2 rings (SSSR count). The zero-order valence-electron chi connectivity index (χ0n) is 12.9. The summed E-state index contributed by atoms with van der Waals surface area (Å²) in [5.74, 6) is 1.44. The van der Waals surface area contributed by atoms with E-state index in [1.54, 1.807) is 12.4 Å². The highest BCUT2D eigenvalue weighted by Gasteiger charge is 2.21. The fourth-order valence-corrected chi connectivity index (χ4v) is 2.56. The van der Waals surface area contributed by atoms with Crippen LogP contribution in [-0.4, -0.2) is 4.98 Å². The van der Waals surface area contributed by atoms with E-state index in [0.29, 0.717) is 11.4 Å². The van der Waals surface area contributed by atoms with Gasteiger partial charge in [0.2, 0.25) is 0 Å². The Balaban J connectivity index is 2.49. The quantitative estimate of drug-likeness (QED) is 0.841. The average molecular weight is 349 g/mol. The SMILES string of the molecule is CCc1ccc(Oc2c(N)cncc2Br)c(C(C)(C)C)c1. The van der Waals surface area contributed by atoms with Gasteiger partial charge in [0.1, 0.15) is 5.75 Å². The standard InChI is InChI=1S/C17H21BrN2O/c1-5-11-6-7-15(12(8-11)17(2,3)4)21-16-13(18)9-20-10-14(16)19/h6-10H,5,19H2,1-4H3. The number of nitrogen functional groups attached to an aromatic ring is 1. The fourth-order valence-electron chi connectivity index (χ4n) is 2.13. The van der Waals surface area contributed by atoms with Crippen molar-refractivity contribution in [3.63, 3.8) is 0 Å². The Hall–Kier alpha value is -1.55. The Morgan fingerprint density at radius 2 is 1.95 bits per heavy atom. The summed E-state index contributed by atoms with van der Waals surface area (Å²) in [7, 11) is 0. The van der Waals surface area contributed by atoms with Crippen molar-refractivity contribution in [3.05, 3.63) is 46.2 Å². The van der Waals surface area contributed by atoms with Crippen molar-refractivity contribution in [1.82, 2.24) is 4.98 Å². The Morgan fingerprint density at radius 1 is 1.24 bits per heavy atom. The van der Waals surface area contributed by atoms with Crippen molar-refractivity contribution >= 4 is 21.6 Å². The first-order valence-electron chi connectivity index (χ1n) is 7.03. The number of halogens is 1. The first-order chi connectivity index (χ1) is 9.82. The lowest BCUT2D eigenvalue weighted by Gasteiger charge is -2.24. The zero-order valence-corrected chi connectivity index (χ0v) is 14.5. The minimum atomic E-state index is -0.00518. The van der Waals surface area contributed by atoms with Gasteiger partial charge in [-0.15, -0.1) is 0 Å². The van der Waals surface area contributed by atoms with Crippen LogP contribution in [0.2, 0.25) is 0 Å². The summed E-state index contributed by atoms with van der Waals surface area (Å²) in [6.45, 7) is 8.69. The molecule has 0 aliphatic heterocycles. The molecule has 2 N–H and O–H groups in total. The third-order valence-corrected chi connectivity index (χ3v) is 3.92. The Morgan fingerprint density at radius 3 is 2.52 bits per heavy atom. The molecule has 0 fully saturated rings. The van der Waals surface area contributed by atoms with E-state index < -0.39 is 0 Å². The van der Waals surface area contributed by atoms with Crippen LogP contribution in [0, 0.1) is 0 Å². The molecule has 0 radical (unpaired) electrons.